The predicted molar refractivity (Wildman–Crippen MR) is 117 cm³/mol. The van der Waals surface area contributed by atoms with E-state index in [0.29, 0.717) is 57.4 Å². The molecule has 2 amide bonds. The molecule has 3 rings (SSSR count). The van der Waals surface area contributed by atoms with Crippen molar-refractivity contribution < 1.29 is 23.6 Å². The van der Waals surface area contributed by atoms with Gasteiger partial charge >= 0.3 is 0 Å². The van der Waals surface area contributed by atoms with Gasteiger partial charge in [0, 0.05) is 31.8 Å². The molecule has 0 bridgehead atoms. The zero-order valence-electron chi connectivity index (χ0n) is 19.3. The topological polar surface area (TPSA) is 115 Å². The first kappa shape index (κ1) is 24.4. The van der Waals surface area contributed by atoms with Crippen LogP contribution in [-0.4, -0.2) is 65.0 Å². The molecular weight excluding hydrogens is 412 g/mol. The second kappa shape index (κ2) is 12.1. The summed E-state index contributed by atoms with van der Waals surface area (Å²) in [6.45, 7) is 5.87. The molecule has 9 nitrogen and oxygen atoms in total. The zero-order valence-corrected chi connectivity index (χ0v) is 19.3. The van der Waals surface area contributed by atoms with Gasteiger partial charge < -0.3 is 19.5 Å². The third-order valence-electron chi connectivity index (χ3n) is 6.53. The normalized spacial score (nSPS) is 19.4. The number of nitrogens with one attached hydrogen (secondary N) is 1. The fourth-order valence-corrected chi connectivity index (χ4v) is 4.56. The summed E-state index contributed by atoms with van der Waals surface area (Å²) in [5.41, 5.74) is 0. The monoisotopic (exact) mass is 448 g/mol. The van der Waals surface area contributed by atoms with Crippen LogP contribution >= 0.6 is 0 Å². The van der Waals surface area contributed by atoms with Gasteiger partial charge in [0.25, 0.3) is 0 Å². The van der Waals surface area contributed by atoms with E-state index >= 15 is 0 Å². The van der Waals surface area contributed by atoms with Gasteiger partial charge in [-0.2, -0.15) is 4.98 Å². The van der Waals surface area contributed by atoms with Crippen LogP contribution in [0.2, 0.25) is 0 Å². The first-order valence-electron chi connectivity index (χ1n) is 12.0. The quantitative estimate of drug-likeness (QED) is 0.547. The molecule has 2 heterocycles. The number of morpholine rings is 1. The van der Waals surface area contributed by atoms with E-state index in [1.54, 1.807) is 4.90 Å². The molecule has 1 saturated carbocycles. The van der Waals surface area contributed by atoms with Crippen molar-refractivity contribution in [3.63, 3.8) is 0 Å². The standard InChI is InChI=1S/C23H36N4O5/c1-3-18(21(29)22-25-19(4-2)32-26-22)24-23(30)17(14-16-8-6-5-7-9-16)15-20(28)27-10-12-31-13-11-27/h16-18H,3-15H2,1-2H3,(H,24,30)/t17-,18+/m0/s1. The van der Waals surface area contributed by atoms with Gasteiger partial charge in [-0.25, -0.2) is 0 Å². The van der Waals surface area contributed by atoms with Crippen molar-refractivity contribution in [2.45, 2.75) is 77.7 Å². The number of carbonyl (C=O) groups excluding carboxylic acids is 3. The summed E-state index contributed by atoms with van der Waals surface area (Å²) in [5, 5.41) is 6.64. The average Bonchev–Trinajstić information content (AvgIpc) is 3.32. The number of carbonyl (C=O) groups is 3. The van der Waals surface area contributed by atoms with Gasteiger partial charge in [0.05, 0.1) is 19.3 Å². The summed E-state index contributed by atoms with van der Waals surface area (Å²) in [6, 6.07) is -0.739. The minimum atomic E-state index is -0.739. The Bertz CT molecular complexity index is 768. The molecule has 0 unspecified atom stereocenters. The lowest BCUT2D eigenvalue weighted by Gasteiger charge is -2.30. The van der Waals surface area contributed by atoms with E-state index in [1.165, 1.54) is 19.3 Å². The van der Waals surface area contributed by atoms with Crippen molar-refractivity contribution in [1.82, 2.24) is 20.4 Å². The lowest BCUT2D eigenvalue weighted by atomic mass is 9.81. The summed E-state index contributed by atoms with van der Waals surface area (Å²) >= 11 is 0. The molecule has 1 aliphatic carbocycles. The molecule has 0 spiro atoms. The Kier molecular flexibility index (Phi) is 9.20. The van der Waals surface area contributed by atoms with E-state index in [2.05, 4.69) is 15.5 Å². The predicted octanol–water partition coefficient (Wildman–Crippen LogP) is 2.54. The number of amides is 2. The lowest BCUT2D eigenvalue weighted by Crippen LogP contribution is -2.46. The second-order valence-corrected chi connectivity index (χ2v) is 8.83. The van der Waals surface area contributed by atoms with Gasteiger partial charge in [-0.1, -0.05) is 51.1 Å². The van der Waals surface area contributed by atoms with Gasteiger partial charge in [-0.3, -0.25) is 14.4 Å². The number of ether oxygens (including phenoxy) is 1. The van der Waals surface area contributed by atoms with Gasteiger partial charge in [-0.05, 0) is 18.8 Å². The molecule has 0 aromatic carbocycles. The molecule has 0 radical (unpaired) electrons. The van der Waals surface area contributed by atoms with Gasteiger partial charge in [-0.15, -0.1) is 0 Å². The van der Waals surface area contributed by atoms with Crippen LogP contribution in [0.3, 0.4) is 0 Å². The van der Waals surface area contributed by atoms with Crippen LogP contribution in [-0.2, 0) is 20.7 Å². The van der Waals surface area contributed by atoms with Crippen molar-refractivity contribution in [1.29, 1.82) is 0 Å². The minimum absolute atomic E-state index is 0.0118. The van der Waals surface area contributed by atoms with E-state index in [9.17, 15) is 14.4 Å². The average molecular weight is 449 g/mol. The Hall–Kier alpha value is -2.29. The summed E-state index contributed by atoms with van der Waals surface area (Å²) in [4.78, 5) is 44.9. The molecule has 1 N–H and O–H groups in total. The summed E-state index contributed by atoms with van der Waals surface area (Å²) in [5.74, 6) is -0.252. The van der Waals surface area contributed by atoms with Crippen LogP contribution in [0.4, 0.5) is 0 Å². The first-order chi connectivity index (χ1) is 15.5. The van der Waals surface area contributed by atoms with E-state index in [1.807, 2.05) is 13.8 Å². The van der Waals surface area contributed by atoms with Crippen LogP contribution in [0, 0.1) is 11.8 Å². The summed E-state index contributed by atoms with van der Waals surface area (Å²) in [6.07, 6.45) is 7.54. The molecule has 2 atom stereocenters. The van der Waals surface area contributed by atoms with Gasteiger partial charge in [0.1, 0.15) is 0 Å². The number of aryl methyl sites for hydroxylation is 1. The minimum Gasteiger partial charge on any atom is -0.378 e. The Morgan fingerprint density at radius 2 is 1.84 bits per heavy atom. The molecule has 1 aromatic rings. The highest BCUT2D eigenvalue weighted by molar-refractivity contribution is 5.99. The molecule has 9 heteroatoms. The van der Waals surface area contributed by atoms with Gasteiger partial charge in [0.15, 0.2) is 0 Å². The van der Waals surface area contributed by atoms with E-state index in [-0.39, 0.29) is 29.8 Å². The van der Waals surface area contributed by atoms with Crippen LogP contribution in [0.5, 0.6) is 0 Å². The number of hydrogen-bond donors (Lipinski definition) is 1. The molecule has 1 aromatic heterocycles. The molecule has 32 heavy (non-hydrogen) atoms. The zero-order chi connectivity index (χ0) is 22.9. The number of rotatable bonds is 10. The smallest absolute Gasteiger partial charge is 0.240 e. The van der Waals surface area contributed by atoms with E-state index < -0.39 is 12.0 Å². The third-order valence-corrected chi connectivity index (χ3v) is 6.53. The van der Waals surface area contributed by atoms with E-state index in [0.717, 1.165) is 12.8 Å². The fourth-order valence-electron chi connectivity index (χ4n) is 4.56. The molecule has 1 saturated heterocycles. The maximum atomic E-state index is 13.3. The lowest BCUT2D eigenvalue weighted by molar-refractivity contribution is -0.140. The van der Waals surface area contributed by atoms with E-state index in [4.69, 9.17) is 9.26 Å². The SMILES string of the molecule is CCc1nc(C(=O)[C@@H](CC)NC(=O)[C@H](CC(=O)N2CCOCC2)CC2CCCCC2)no1. The number of aromatic nitrogens is 2. The van der Waals surface area contributed by atoms with Crippen molar-refractivity contribution >= 4 is 17.6 Å². The Morgan fingerprint density at radius 1 is 1.12 bits per heavy atom. The second-order valence-electron chi connectivity index (χ2n) is 8.83. The molecular formula is C23H36N4O5. The van der Waals surface area contributed by atoms with Crippen molar-refractivity contribution in [2.75, 3.05) is 26.3 Å². The Morgan fingerprint density at radius 3 is 2.47 bits per heavy atom. The number of hydrogen-bond acceptors (Lipinski definition) is 7. The molecule has 178 valence electrons. The highest BCUT2D eigenvalue weighted by atomic mass is 16.5. The highest BCUT2D eigenvalue weighted by Crippen LogP contribution is 2.30. The largest absolute Gasteiger partial charge is 0.378 e. The fraction of sp³-hybridized carbons (Fsp3) is 0.783. The summed E-state index contributed by atoms with van der Waals surface area (Å²) in [7, 11) is 0. The van der Waals surface area contributed by atoms with Crippen LogP contribution < -0.4 is 5.32 Å². The van der Waals surface area contributed by atoms with Gasteiger partial charge in [0.2, 0.25) is 29.3 Å². The molecule has 2 aliphatic rings. The van der Waals surface area contributed by atoms with Crippen molar-refractivity contribution in [3.8, 4) is 0 Å². The maximum absolute atomic E-state index is 13.3. The molecule has 1 aliphatic heterocycles. The van der Waals surface area contributed by atoms with Crippen LogP contribution in [0.1, 0.15) is 81.7 Å². The Labute approximate surface area is 189 Å². The number of Topliss-reactive ketones (excluding diaryl/α,β-unsaturated/α-hetero) is 1. The van der Waals surface area contributed by atoms with Crippen molar-refractivity contribution in [3.05, 3.63) is 11.7 Å². The van der Waals surface area contributed by atoms with Crippen LogP contribution in [0.25, 0.3) is 0 Å². The molecule has 2 fully saturated rings. The van der Waals surface area contributed by atoms with Crippen molar-refractivity contribution in [2.24, 2.45) is 11.8 Å². The maximum Gasteiger partial charge on any atom is 0.240 e. The van der Waals surface area contributed by atoms with Crippen LogP contribution in [0.15, 0.2) is 4.52 Å². The number of nitrogens with zero attached hydrogens (tertiary/aromatic N) is 3. The summed E-state index contributed by atoms with van der Waals surface area (Å²) < 4.78 is 10.4. The number of ketones is 1. The Balaban J connectivity index is 1.67. The third kappa shape index (κ3) is 6.60. The highest BCUT2D eigenvalue weighted by Gasteiger charge is 2.32. The first-order valence-corrected chi connectivity index (χ1v) is 12.0.